The normalized spacial score (nSPS) is 16.1. The van der Waals surface area contributed by atoms with Crippen molar-refractivity contribution in [2.24, 2.45) is 0 Å². The number of amides is 1. The van der Waals surface area contributed by atoms with E-state index in [4.69, 9.17) is 11.6 Å². The number of fused-ring (bicyclic) bond motifs is 1. The number of unbranched alkanes of at least 4 members (excludes halogenated alkanes) is 3. The van der Waals surface area contributed by atoms with Crippen LogP contribution < -0.4 is 4.90 Å². The summed E-state index contributed by atoms with van der Waals surface area (Å²) in [6.07, 6.45) is 7.49. The Bertz CT molecular complexity index is 472. The van der Waals surface area contributed by atoms with Crippen molar-refractivity contribution in [3.05, 3.63) is 29.3 Å². The van der Waals surface area contributed by atoms with Crippen molar-refractivity contribution >= 4 is 23.2 Å². The molecule has 1 unspecified atom stereocenters. The molecule has 0 fully saturated rings. The first-order valence-corrected chi connectivity index (χ1v) is 8.10. The van der Waals surface area contributed by atoms with Crippen LogP contribution in [0.25, 0.3) is 0 Å². The van der Waals surface area contributed by atoms with E-state index < -0.39 is 0 Å². The molecule has 0 saturated heterocycles. The van der Waals surface area contributed by atoms with E-state index in [0.717, 1.165) is 18.5 Å². The number of benzene rings is 1. The third-order valence-electron chi connectivity index (χ3n) is 4.12. The number of hydrogen-bond acceptors (Lipinski definition) is 1. The van der Waals surface area contributed by atoms with Gasteiger partial charge in [0.1, 0.15) is 0 Å². The number of carbonyl (C=O) groups is 1. The molecule has 1 heterocycles. The molecule has 2 nitrogen and oxygen atoms in total. The number of alkyl halides is 1. The molecule has 0 aliphatic carbocycles. The van der Waals surface area contributed by atoms with Crippen molar-refractivity contribution in [1.29, 1.82) is 0 Å². The highest BCUT2D eigenvalue weighted by Crippen LogP contribution is 2.33. The van der Waals surface area contributed by atoms with Crippen LogP contribution in [0.5, 0.6) is 0 Å². The molecule has 0 aromatic heterocycles. The second-order valence-corrected chi connectivity index (χ2v) is 6.18. The van der Waals surface area contributed by atoms with E-state index in [2.05, 4.69) is 19.1 Å². The van der Waals surface area contributed by atoms with Crippen LogP contribution >= 0.6 is 11.6 Å². The highest BCUT2D eigenvalue weighted by atomic mass is 35.5. The molecular weight excluding hydrogens is 270 g/mol. The molecule has 20 heavy (non-hydrogen) atoms. The van der Waals surface area contributed by atoms with Gasteiger partial charge in [0.05, 0.1) is 5.38 Å². The van der Waals surface area contributed by atoms with Crippen molar-refractivity contribution in [1.82, 2.24) is 0 Å². The van der Waals surface area contributed by atoms with E-state index >= 15 is 0 Å². The quantitative estimate of drug-likeness (QED) is 0.542. The van der Waals surface area contributed by atoms with Crippen LogP contribution in [0, 0.1) is 0 Å². The van der Waals surface area contributed by atoms with E-state index in [9.17, 15) is 4.79 Å². The average Bonchev–Trinajstić information content (AvgIpc) is 2.47. The lowest BCUT2D eigenvalue weighted by Gasteiger charge is -2.26. The number of anilines is 1. The second kappa shape index (κ2) is 7.12. The summed E-state index contributed by atoms with van der Waals surface area (Å²) in [6.45, 7) is 2.22. The third kappa shape index (κ3) is 3.54. The topological polar surface area (TPSA) is 20.3 Å². The Hall–Kier alpha value is -1.02. The van der Waals surface area contributed by atoms with Crippen LogP contribution in [0.1, 0.15) is 62.0 Å². The molecule has 2 rings (SSSR count). The number of carbonyl (C=O) groups excluding carboxylic acids is 1. The molecule has 1 aromatic carbocycles. The molecular formula is C17H24ClNO. The minimum atomic E-state index is 0.0973. The molecule has 0 radical (unpaired) electrons. The Morgan fingerprint density at radius 1 is 1.25 bits per heavy atom. The largest absolute Gasteiger partial charge is 0.315 e. The summed E-state index contributed by atoms with van der Waals surface area (Å²) < 4.78 is 0. The van der Waals surface area contributed by atoms with Crippen LogP contribution in [-0.4, -0.2) is 13.0 Å². The summed E-state index contributed by atoms with van der Waals surface area (Å²) in [5.74, 6) is 0.201. The Labute approximate surface area is 127 Å². The fourth-order valence-corrected chi connectivity index (χ4v) is 3.08. The van der Waals surface area contributed by atoms with Gasteiger partial charge in [0.15, 0.2) is 0 Å². The van der Waals surface area contributed by atoms with Gasteiger partial charge < -0.3 is 4.90 Å². The van der Waals surface area contributed by atoms with Crippen LogP contribution in [0.2, 0.25) is 0 Å². The van der Waals surface area contributed by atoms with Gasteiger partial charge in [0, 0.05) is 19.2 Å². The Balaban J connectivity index is 2.02. The smallest absolute Gasteiger partial charge is 0.227 e. The lowest BCUT2D eigenvalue weighted by atomic mass is 9.96. The standard InChI is InChI=1S/C17H24ClNO/c1-3-4-5-6-7-15(18)13-8-10-16-14(12-13)9-11-17(20)19(16)2/h8,10,12,15H,3-7,9,11H2,1-2H3. The van der Waals surface area contributed by atoms with Crippen molar-refractivity contribution in [2.75, 3.05) is 11.9 Å². The molecule has 0 saturated carbocycles. The summed E-state index contributed by atoms with van der Waals surface area (Å²) >= 11 is 6.51. The molecule has 1 amide bonds. The number of hydrogen-bond donors (Lipinski definition) is 0. The Kier molecular flexibility index (Phi) is 5.47. The van der Waals surface area contributed by atoms with Gasteiger partial charge in [-0.3, -0.25) is 4.79 Å². The molecule has 110 valence electrons. The second-order valence-electron chi connectivity index (χ2n) is 5.66. The predicted octanol–water partition coefficient (Wildman–Crippen LogP) is 4.85. The van der Waals surface area contributed by atoms with Crippen molar-refractivity contribution < 1.29 is 4.79 Å². The molecule has 0 spiro atoms. The first-order valence-electron chi connectivity index (χ1n) is 7.67. The predicted molar refractivity (Wildman–Crippen MR) is 85.5 cm³/mol. The van der Waals surface area contributed by atoms with E-state index in [1.807, 2.05) is 13.1 Å². The minimum Gasteiger partial charge on any atom is -0.315 e. The highest BCUT2D eigenvalue weighted by molar-refractivity contribution is 6.20. The molecule has 3 heteroatoms. The summed E-state index contributed by atoms with van der Waals surface area (Å²) in [7, 11) is 1.85. The first kappa shape index (κ1) is 15.4. The molecule has 1 aliphatic heterocycles. The van der Waals surface area contributed by atoms with Gasteiger partial charge in [0.2, 0.25) is 5.91 Å². The lowest BCUT2D eigenvalue weighted by molar-refractivity contribution is -0.118. The number of halogens is 1. The Morgan fingerprint density at radius 3 is 2.80 bits per heavy atom. The number of nitrogens with zero attached hydrogens (tertiary/aromatic N) is 1. The maximum absolute atomic E-state index is 11.7. The minimum absolute atomic E-state index is 0.0973. The molecule has 0 bridgehead atoms. The summed E-state index contributed by atoms with van der Waals surface area (Å²) in [4.78, 5) is 13.4. The van der Waals surface area contributed by atoms with Gasteiger partial charge in [-0.15, -0.1) is 11.6 Å². The van der Waals surface area contributed by atoms with Gasteiger partial charge in [0.25, 0.3) is 0 Å². The summed E-state index contributed by atoms with van der Waals surface area (Å²) in [6, 6.07) is 6.31. The number of rotatable bonds is 6. The summed E-state index contributed by atoms with van der Waals surface area (Å²) in [5, 5.41) is 0.0973. The molecule has 1 aromatic rings. The van der Waals surface area contributed by atoms with Crippen molar-refractivity contribution in [2.45, 2.75) is 57.2 Å². The molecule has 0 N–H and O–H groups in total. The van der Waals surface area contributed by atoms with Gasteiger partial charge in [-0.1, -0.05) is 44.7 Å². The maximum Gasteiger partial charge on any atom is 0.227 e. The lowest BCUT2D eigenvalue weighted by Crippen LogP contribution is -2.31. The molecule has 1 atom stereocenters. The zero-order chi connectivity index (χ0) is 14.5. The fourth-order valence-electron chi connectivity index (χ4n) is 2.79. The van der Waals surface area contributed by atoms with Crippen molar-refractivity contribution in [3.8, 4) is 0 Å². The monoisotopic (exact) mass is 293 g/mol. The SMILES string of the molecule is CCCCCCC(Cl)c1ccc2c(c1)CCC(=O)N2C. The zero-order valence-corrected chi connectivity index (χ0v) is 13.2. The maximum atomic E-state index is 11.7. The summed E-state index contributed by atoms with van der Waals surface area (Å²) in [5.41, 5.74) is 3.49. The molecule has 1 aliphatic rings. The van der Waals surface area contributed by atoms with Gasteiger partial charge >= 0.3 is 0 Å². The van der Waals surface area contributed by atoms with Crippen LogP contribution in [0.3, 0.4) is 0 Å². The Morgan fingerprint density at radius 2 is 2.05 bits per heavy atom. The van der Waals surface area contributed by atoms with Crippen LogP contribution in [-0.2, 0) is 11.2 Å². The van der Waals surface area contributed by atoms with Gasteiger partial charge in [-0.05, 0) is 30.0 Å². The van der Waals surface area contributed by atoms with Crippen LogP contribution in [0.4, 0.5) is 5.69 Å². The van der Waals surface area contributed by atoms with E-state index in [0.29, 0.717) is 6.42 Å². The third-order valence-corrected chi connectivity index (χ3v) is 4.59. The van der Waals surface area contributed by atoms with Gasteiger partial charge in [-0.25, -0.2) is 0 Å². The van der Waals surface area contributed by atoms with Crippen LogP contribution in [0.15, 0.2) is 18.2 Å². The number of aryl methyl sites for hydroxylation is 1. The van der Waals surface area contributed by atoms with E-state index in [-0.39, 0.29) is 11.3 Å². The van der Waals surface area contributed by atoms with Crippen molar-refractivity contribution in [3.63, 3.8) is 0 Å². The van der Waals surface area contributed by atoms with Gasteiger partial charge in [-0.2, -0.15) is 0 Å². The van der Waals surface area contributed by atoms with E-state index in [1.54, 1.807) is 4.90 Å². The van der Waals surface area contributed by atoms with E-state index in [1.165, 1.54) is 36.8 Å². The fraction of sp³-hybridized carbons (Fsp3) is 0.588. The zero-order valence-electron chi connectivity index (χ0n) is 12.5. The highest BCUT2D eigenvalue weighted by Gasteiger charge is 2.21. The first-order chi connectivity index (χ1) is 9.63. The average molecular weight is 294 g/mol.